The molecule has 24 heteroatoms. The third-order valence-electron chi connectivity index (χ3n) is 19.4. The van der Waals surface area contributed by atoms with Gasteiger partial charge < -0.3 is 49.1 Å². The highest BCUT2D eigenvalue weighted by Gasteiger charge is 2.50. The predicted octanol–water partition coefficient (Wildman–Crippen LogP) is 12.6. The number of nitrogens with one attached hydrogen (secondary N) is 2. The molecule has 3 fully saturated rings. The van der Waals surface area contributed by atoms with E-state index >= 15 is 0 Å². The highest BCUT2D eigenvalue weighted by molar-refractivity contribution is 5.96. The molecule has 532 valence electrons. The normalized spacial score (nSPS) is 18.3. The van der Waals surface area contributed by atoms with Crippen molar-refractivity contribution in [3.8, 4) is 11.1 Å². The van der Waals surface area contributed by atoms with E-state index in [1.165, 1.54) is 30.2 Å². The van der Waals surface area contributed by atoms with Gasteiger partial charge in [-0.1, -0.05) is 84.9 Å². The molecule has 0 radical (unpaired) electrons. The van der Waals surface area contributed by atoms with Crippen LogP contribution in [-0.4, -0.2) is 183 Å². The van der Waals surface area contributed by atoms with Crippen LogP contribution < -0.4 is 10.6 Å². The monoisotopic (exact) mass is 1380 g/mol. The number of fused-ring (bicyclic) bond motifs is 2. The van der Waals surface area contributed by atoms with Gasteiger partial charge in [-0.2, -0.15) is 26.3 Å². The van der Waals surface area contributed by atoms with Gasteiger partial charge in [0.05, 0.1) is 36.1 Å². The number of aliphatic hydroxyl groups excluding tert-OH is 1. The van der Waals surface area contributed by atoms with Gasteiger partial charge >= 0.3 is 18.4 Å². The summed E-state index contributed by atoms with van der Waals surface area (Å²) in [5.41, 5.74) is 3.69. The van der Waals surface area contributed by atoms with Crippen LogP contribution in [0.5, 0.6) is 0 Å². The van der Waals surface area contributed by atoms with Gasteiger partial charge in [0.1, 0.15) is 30.5 Å². The fourth-order valence-electron chi connectivity index (χ4n) is 13.6. The van der Waals surface area contributed by atoms with Crippen molar-refractivity contribution in [1.29, 1.82) is 0 Å². The first kappa shape index (κ1) is 75.0. The summed E-state index contributed by atoms with van der Waals surface area (Å²) in [4.78, 5) is 75.4. The predicted molar refractivity (Wildman–Crippen MR) is 363 cm³/mol. The molecule has 10 rings (SSSR count). The van der Waals surface area contributed by atoms with Crippen LogP contribution in [0.4, 0.5) is 46.9 Å². The summed E-state index contributed by atoms with van der Waals surface area (Å²) >= 11 is 0. The molecule has 3 aliphatic heterocycles. The molecule has 5 amide bonds. The van der Waals surface area contributed by atoms with E-state index in [1.54, 1.807) is 58.1 Å². The van der Waals surface area contributed by atoms with Crippen LogP contribution >= 0.6 is 0 Å². The first-order valence-electron chi connectivity index (χ1n) is 33.7. The minimum absolute atomic E-state index is 0.0354. The Kier molecular flexibility index (Phi) is 25.9. The number of carbonyl (C=O) groups is 5. The van der Waals surface area contributed by atoms with Crippen LogP contribution in [0.1, 0.15) is 108 Å². The lowest BCUT2D eigenvalue weighted by molar-refractivity contribution is -0.143. The number of piperidine rings is 2. The minimum Gasteiger partial charge on any atom is -0.446 e. The topological polar surface area (TPSA) is 177 Å². The summed E-state index contributed by atoms with van der Waals surface area (Å²) < 4.78 is 106. The molecule has 99 heavy (non-hydrogen) atoms. The van der Waals surface area contributed by atoms with E-state index in [2.05, 4.69) is 44.7 Å². The quantitative estimate of drug-likeness (QED) is 0.0203. The first-order valence-corrected chi connectivity index (χ1v) is 33.7. The summed E-state index contributed by atoms with van der Waals surface area (Å²) in [6, 6.07) is 40.9. The molecule has 0 aromatic heterocycles. The molecule has 3 N–H and O–H groups in total. The number of carbonyl (C=O) groups excluding carboxylic acids is 5. The Morgan fingerprint density at radius 1 is 0.717 bits per heavy atom. The number of likely N-dealkylation sites (N-methyl/N-ethyl adjacent to an activating group) is 2. The molecule has 0 saturated carbocycles. The number of alkyl halides is 6. The van der Waals surface area contributed by atoms with Crippen molar-refractivity contribution in [3.05, 3.63) is 190 Å². The summed E-state index contributed by atoms with van der Waals surface area (Å²) in [6.07, 6.45) is -3.21. The van der Waals surface area contributed by atoms with Crippen molar-refractivity contribution in [2.24, 2.45) is 0 Å². The maximum absolute atomic E-state index is 13.9. The van der Waals surface area contributed by atoms with Crippen LogP contribution in [0.15, 0.2) is 146 Å². The van der Waals surface area contributed by atoms with Crippen LogP contribution in [-0.2, 0) is 58.4 Å². The summed E-state index contributed by atoms with van der Waals surface area (Å²) in [5, 5.41) is 17.2. The van der Waals surface area contributed by atoms with Crippen molar-refractivity contribution in [3.63, 3.8) is 0 Å². The zero-order chi connectivity index (χ0) is 70.9. The number of halogens is 7. The summed E-state index contributed by atoms with van der Waals surface area (Å²) in [6.45, 7) is 8.30. The van der Waals surface area contributed by atoms with E-state index in [1.807, 2.05) is 73.6 Å². The number of anilines is 2. The molecular weight excluding hydrogens is 1290 g/mol. The average Bonchev–Trinajstić information content (AvgIpc) is 1.60. The number of unbranched alkanes of at least 4 members (excludes halogenated alkanes) is 1. The fourth-order valence-corrected chi connectivity index (χ4v) is 13.6. The SMILES string of the molecule is CN(CCN1CCC(OC(=O)Nc2ccccc2-c2ccccc2)CC1)C(=O)CCCCC(=O)Nc1ccc(C(=O)N(C)CCCN(C)C(O)CO[C@H]2Cc3ccccc3C23CCN(CC[C@@]2(c4ccc(F)cc4)CN(C=O)CO2)CC3)cc1.Cc1cc(C(F)(F)F)cc(C(F)(F)F)c1. The molecular formula is C75H89F7N8O9. The van der Waals surface area contributed by atoms with Crippen LogP contribution in [0.3, 0.4) is 0 Å². The lowest BCUT2D eigenvalue weighted by Gasteiger charge is -2.44. The Morgan fingerprint density at radius 2 is 1.35 bits per heavy atom. The summed E-state index contributed by atoms with van der Waals surface area (Å²) in [5.74, 6) is -0.578. The first-order chi connectivity index (χ1) is 47.3. The molecule has 6 aromatic carbocycles. The van der Waals surface area contributed by atoms with Crippen molar-refractivity contribution in [2.75, 3.05) is 111 Å². The van der Waals surface area contributed by atoms with E-state index in [0.717, 1.165) is 81.6 Å². The Balaban J connectivity index is 0.000000675. The van der Waals surface area contributed by atoms with Crippen molar-refractivity contribution >= 4 is 41.6 Å². The third kappa shape index (κ3) is 20.5. The van der Waals surface area contributed by atoms with Crippen molar-refractivity contribution in [2.45, 2.75) is 119 Å². The second-order valence-corrected chi connectivity index (χ2v) is 26.3. The van der Waals surface area contributed by atoms with E-state index < -0.39 is 41.4 Å². The van der Waals surface area contributed by atoms with Crippen LogP contribution in [0.25, 0.3) is 11.1 Å². The molecule has 3 atom stereocenters. The number of amides is 5. The summed E-state index contributed by atoms with van der Waals surface area (Å²) in [7, 11) is 5.43. The van der Waals surface area contributed by atoms with Crippen LogP contribution in [0.2, 0.25) is 0 Å². The minimum atomic E-state index is -4.76. The molecule has 3 heterocycles. The zero-order valence-electron chi connectivity index (χ0n) is 56.5. The molecule has 6 aromatic rings. The number of rotatable bonds is 26. The number of benzene rings is 6. The van der Waals surface area contributed by atoms with Gasteiger partial charge in [-0.3, -0.25) is 29.4 Å². The second-order valence-electron chi connectivity index (χ2n) is 26.3. The van der Waals surface area contributed by atoms with E-state index in [9.17, 15) is 59.8 Å². The third-order valence-corrected chi connectivity index (χ3v) is 19.4. The number of aryl methyl sites for hydroxylation is 1. The van der Waals surface area contributed by atoms with Gasteiger partial charge in [-0.15, -0.1) is 0 Å². The number of aliphatic hydroxyl groups is 1. The maximum atomic E-state index is 13.9. The number of ether oxygens (including phenoxy) is 3. The van der Waals surface area contributed by atoms with Gasteiger partial charge in [0.15, 0.2) is 0 Å². The van der Waals surface area contributed by atoms with Crippen molar-refractivity contribution in [1.82, 2.24) is 29.4 Å². The molecule has 1 aliphatic carbocycles. The Bertz CT molecular complexity index is 3610. The Morgan fingerprint density at radius 3 is 2.02 bits per heavy atom. The van der Waals surface area contributed by atoms with Gasteiger partial charge in [0.25, 0.3) is 5.91 Å². The highest BCUT2D eigenvalue weighted by Crippen LogP contribution is 2.48. The molecule has 0 bridgehead atoms. The van der Waals surface area contributed by atoms with Gasteiger partial charge in [0.2, 0.25) is 18.2 Å². The van der Waals surface area contributed by atoms with Gasteiger partial charge in [-0.05, 0) is 173 Å². The van der Waals surface area contributed by atoms with Gasteiger partial charge in [0, 0.05) is 95.0 Å². The lowest BCUT2D eigenvalue weighted by atomic mass is 9.72. The fraction of sp³-hybridized carbons (Fsp3) is 0.453. The van der Waals surface area contributed by atoms with E-state index in [4.69, 9.17) is 14.2 Å². The van der Waals surface area contributed by atoms with E-state index in [-0.39, 0.29) is 72.6 Å². The largest absolute Gasteiger partial charge is 0.446 e. The average molecular weight is 1380 g/mol. The van der Waals surface area contributed by atoms with Crippen molar-refractivity contribution < 1.29 is 74.0 Å². The highest BCUT2D eigenvalue weighted by atomic mass is 19.4. The second kappa shape index (κ2) is 34.2. The number of nitrogens with zero attached hydrogens (tertiary/aromatic N) is 6. The zero-order valence-corrected chi connectivity index (χ0v) is 56.5. The lowest BCUT2D eigenvalue weighted by Crippen LogP contribution is -2.50. The molecule has 3 saturated heterocycles. The molecule has 1 unspecified atom stereocenters. The smallest absolute Gasteiger partial charge is 0.416 e. The molecule has 17 nitrogen and oxygen atoms in total. The number of hydrogen-bond acceptors (Lipinski definition) is 12. The molecule has 1 spiro atoms. The van der Waals surface area contributed by atoms with Gasteiger partial charge in [-0.25, -0.2) is 9.18 Å². The van der Waals surface area contributed by atoms with Crippen LogP contribution in [0, 0.1) is 12.7 Å². The number of likely N-dealkylation sites (tertiary alicyclic amines) is 2. The Labute approximate surface area is 574 Å². The van der Waals surface area contributed by atoms with E-state index in [0.29, 0.717) is 100 Å². The maximum Gasteiger partial charge on any atom is 0.416 e. The Hall–Kier alpha value is -8.26. The standard InChI is InChI=1S/C66H83FN8O9.C9H6F6/c1-70(62(79)45-82-59-44-51-16-7-9-18-57(51)65(59)32-39-74(40-33-65)41-34-66(46-75(47-76)48-83-66)52-24-26-53(67)27-25-52)35-13-36-72(3)63(80)50-22-28-54(29-23-50)68-60(77)20-11-12-21-61(78)71(2)42-43-73-37-30-55(31-38-73)84-64(81)69-58-19-10-8-17-56(58)49-14-5-4-6-15-49;1-5-2-6(8(10,11)12)4-7(3-5)9(13,14)15/h4-10,14-19,22-29,47,55,59,62,79H,11-13,20-21,30-46,48H2,1-3H3,(H,68,77)(H,69,81);2-4H,1H3/t59-,62?,66-;/m0./s1. The number of hydrogen-bond donors (Lipinski definition) is 3. The molecule has 4 aliphatic rings. The number of para-hydroxylation sites is 1.